The van der Waals surface area contributed by atoms with Gasteiger partial charge in [-0.3, -0.25) is 13.9 Å². The number of carbonyl (C=O) groups excluding carboxylic acids is 2. The Balaban J connectivity index is 2.18. The molecule has 0 aliphatic carbocycles. The second-order valence-corrected chi connectivity index (χ2v) is 10.4. The standard InChI is InChI=1S/C25H33F2N3O4S/c1-5-18(2)28-25(32)19(3)29(17-20-9-6-7-10-23(20)27)24(31)11-8-16-30(35(4,33)34)22-14-12-21(26)13-15-22/h6-7,9-10,12-15,18-19H,5,8,11,16-17H2,1-4H3,(H,28,32)/t18-,19-/m0/s1. The Hall–Kier alpha value is -3.01. The summed E-state index contributed by atoms with van der Waals surface area (Å²) in [5.41, 5.74) is 0.555. The van der Waals surface area contributed by atoms with E-state index in [9.17, 15) is 26.8 Å². The molecule has 0 unspecified atom stereocenters. The van der Waals surface area contributed by atoms with E-state index in [1.54, 1.807) is 25.1 Å². The van der Waals surface area contributed by atoms with Gasteiger partial charge < -0.3 is 10.2 Å². The third-order valence-electron chi connectivity index (χ3n) is 5.73. The van der Waals surface area contributed by atoms with Crippen molar-refractivity contribution >= 4 is 27.5 Å². The monoisotopic (exact) mass is 509 g/mol. The van der Waals surface area contributed by atoms with Crippen molar-refractivity contribution in [2.24, 2.45) is 0 Å². The largest absolute Gasteiger partial charge is 0.352 e. The van der Waals surface area contributed by atoms with E-state index >= 15 is 0 Å². The summed E-state index contributed by atoms with van der Waals surface area (Å²) in [7, 11) is -3.68. The molecule has 2 aromatic rings. The van der Waals surface area contributed by atoms with Gasteiger partial charge in [0.05, 0.1) is 11.9 Å². The van der Waals surface area contributed by atoms with E-state index in [-0.39, 0.29) is 49.1 Å². The van der Waals surface area contributed by atoms with Crippen molar-refractivity contribution < 1.29 is 26.8 Å². The van der Waals surface area contributed by atoms with Crippen molar-refractivity contribution in [2.45, 2.75) is 58.7 Å². The maximum atomic E-state index is 14.3. The van der Waals surface area contributed by atoms with Gasteiger partial charge in [0.1, 0.15) is 17.7 Å². The molecule has 2 atom stereocenters. The molecule has 35 heavy (non-hydrogen) atoms. The van der Waals surface area contributed by atoms with Gasteiger partial charge in [-0.05, 0) is 57.0 Å². The molecule has 0 fully saturated rings. The normalized spacial score (nSPS) is 13.1. The quantitative estimate of drug-likeness (QED) is 0.471. The smallest absolute Gasteiger partial charge is 0.242 e. The van der Waals surface area contributed by atoms with E-state index in [2.05, 4.69) is 5.32 Å². The number of halogens is 2. The van der Waals surface area contributed by atoms with Crippen LogP contribution in [0.2, 0.25) is 0 Å². The highest BCUT2D eigenvalue weighted by atomic mass is 32.2. The van der Waals surface area contributed by atoms with E-state index in [0.29, 0.717) is 6.42 Å². The fourth-order valence-electron chi connectivity index (χ4n) is 3.47. The SMILES string of the molecule is CC[C@H](C)NC(=O)[C@H](C)N(Cc1ccccc1F)C(=O)CCCN(c1ccc(F)cc1)S(C)(=O)=O. The van der Waals surface area contributed by atoms with Crippen molar-refractivity contribution in [1.29, 1.82) is 0 Å². The van der Waals surface area contributed by atoms with Crippen molar-refractivity contribution in [2.75, 3.05) is 17.1 Å². The number of anilines is 1. The molecule has 0 saturated carbocycles. The maximum absolute atomic E-state index is 14.3. The molecule has 0 aliphatic rings. The Labute approximate surface area is 206 Å². The first-order valence-electron chi connectivity index (χ1n) is 11.5. The van der Waals surface area contributed by atoms with Crippen LogP contribution in [0.1, 0.15) is 45.6 Å². The van der Waals surface area contributed by atoms with Gasteiger partial charge in [0, 0.05) is 31.1 Å². The first-order chi connectivity index (χ1) is 16.4. The van der Waals surface area contributed by atoms with Crippen molar-refractivity contribution in [3.8, 4) is 0 Å². The van der Waals surface area contributed by atoms with Gasteiger partial charge >= 0.3 is 0 Å². The number of carbonyl (C=O) groups is 2. The lowest BCUT2D eigenvalue weighted by Gasteiger charge is -2.30. The fraction of sp³-hybridized carbons (Fsp3) is 0.440. The third-order valence-corrected chi connectivity index (χ3v) is 6.93. The molecule has 0 aromatic heterocycles. The molecule has 10 heteroatoms. The van der Waals surface area contributed by atoms with Gasteiger partial charge in [-0.1, -0.05) is 25.1 Å². The third kappa shape index (κ3) is 8.31. The van der Waals surface area contributed by atoms with Crippen LogP contribution >= 0.6 is 0 Å². The Morgan fingerprint density at radius 3 is 2.23 bits per heavy atom. The van der Waals surface area contributed by atoms with E-state index < -0.39 is 33.6 Å². The number of amides is 2. The second-order valence-electron chi connectivity index (χ2n) is 8.52. The summed E-state index contributed by atoms with van der Waals surface area (Å²) in [6, 6.07) is 10.1. The van der Waals surface area contributed by atoms with Crippen molar-refractivity contribution in [1.82, 2.24) is 10.2 Å². The number of hydrogen-bond acceptors (Lipinski definition) is 4. The summed E-state index contributed by atoms with van der Waals surface area (Å²) in [6.45, 7) is 5.23. The van der Waals surface area contributed by atoms with Gasteiger partial charge in [0.25, 0.3) is 0 Å². The Kier molecular flexibility index (Phi) is 10.2. The van der Waals surface area contributed by atoms with Crippen LogP contribution < -0.4 is 9.62 Å². The molecule has 2 rings (SSSR count). The molecule has 1 N–H and O–H groups in total. The average molecular weight is 510 g/mol. The lowest BCUT2D eigenvalue weighted by molar-refractivity contribution is -0.141. The highest BCUT2D eigenvalue weighted by molar-refractivity contribution is 7.92. The Bertz CT molecular complexity index is 1110. The Morgan fingerprint density at radius 2 is 1.66 bits per heavy atom. The summed E-state index contributed by atoms with van der Waals surface area (Å²) in [4.78, 5) is 27.2. The van der Waals surface area contributed by atoms with E-state index in [1.165, 1.54) is 23.1 Å². The summed E-state index contributed by atoms with van der Waals surface area (Å²) in [6.07, 6.45) is 1.83. The maximum Gasteiger partial charge on any atom is 0.242 e. The molecule has 0 heterocycles. The zero-order valence-electron chi connectivity index (χ0n) is 20.5. The van der Waals surface area contributed by atoms with Crippen LogP contribution in [0.4, 0.5) is 14.5 Å². The molecular formula is C25H33F2N3O4S. The van der Waals surface area contributed by atoms with Gasteiger partial charge in [0.2, 0.25) is 21.8 Å². The number of nitrogens with one attached hydrogen (secondary N) is 1. The molecule has 0 spiro atoms. The average Bonchev–Trinajstić information content (AvgIpc) is 2.80. The lowest BCUT2D eigenvalue weighted by Crippen LogP contribution is -2.49. The minimum Gasteiger partial charge on any atom is -0.352 e. The molecular weight excluding hydrogens is 476 g/mol. The molecule has 7 nitrogen and oxygen atoms in total. The van der Waals surface area contributed by atoms with Gasteiger partial charge in [-0.25, -0.2) is 17.2 Å². The predicted molar refractivity (Wildman–Crippen MR) is 132 cm³/mol. The summed E-state index contributed by atoms with van der Waals surface area (Å²) < 4.78 is 53.2. The summed E-state index contributed by atoms with van der Waals surface area (Å²) in [5.74, 6) is -1.74. The lowest BCUT2D eigenvalue weighted by atomic mass is 10.1. The van der Waals surface area contributed by atoms with Crippen molar-refractivity contribution in [3.05, 3.63) is 65.7 Å². The number of benzene rings is 2. The number of hydrogen-bond donors (Lipinski definition) is 1. The summed E-state index contributed by atoms with van der Waals surface area (Å²) in [5, 5.41) is 2.84. The van der Waals surface area contributed by atoms with Crippen LogP contribution in [-0.4, -0.2) is 50.0 Å². The van der Waals surface area contributed by atoms with Crippen LogP contribution in [0.25, 0.3) is 0 Å². The minimum atomic E-state index is -3.68. The van der Waals surface area contributed by atoms with E-state index in [1.807, 2.05) is 13.8 Å². The minimum absolute atomic E-state index is 0.0167. The first kappa shape index (κ1) is 28.2. The number of nitrogens with zero attached hydrogens (tertiary/aromatic N) is 2. The van der Waals surface area contributed by atoms with Crippen molar-refractivity contribution in [3.63, 3.8) is 0 Å². The molecule has 2 aromatic carbocycles. The molecule has 192 valence electrons. The van der Waals surface area contributed by atoms with Crippen LogP contribution in [0.15, 0.2) is 48.5 Å². The van der Waals surface area contributed by atoms with Crippen LogP contribution in [0.5, 0.6) is 0 Å². The van der Waals surface area contributed by atoms with Crippen LogP contribution in [-0.2, 0) is 26.2 Å². The zero-order valence-corrected chi connectivity index (χ0v) is 21.3. The topological polar surface area (TPSA) is 86.8 Å². The fourth-order valence-corrected chi connectivity index (χ4v) is 4.43. The second kappa shape index (κ2) is 12.6. The Morgan fingerprint density at radius 1 is 1.03 bits per heavy atom. The predicted octanol–water partition coefficient (Wildman–Crippen LogP) is 3.84. The summed E-state index contributed by atoms with van der Waals surface area (Å²) >= 11 is 0. The van der Waals surface area contributed by atoms with Gasteiger partial charge in [-0.15, -0.1) is 0 Å². The number of sulfonamides is 1. The molecule has 0 radical (unpaired) electrons. The molecule has 0 saturated heterocycles. The number of rotatable bonds is 12. The van der Waals surface area contributed by atoms with Gasteiger partial charge in [-0.2, -0.15) is 0 Å². The highest BCUT2D eigenvalue weighted by Gasteiger charge is 2.28. The van der Waals surface area contributed by atoms with Crippen LogP contribution in [0, 0.1) is 11.6 Å². The van der Waals surface area contributed by atoms with Crippen LogP contribution in [0.3, 0.4) is 0 Å². The zero-order chi connectivity index (χ0) is 26.2. The molecule has 0 bridgehead atoms. The van der Waals surface area contributed by atoms with E-state index in [4.69, 9.17) is 0 Å². The molecule has 0 aliphatic heterocycles. The first-order valence-corrected chi connectivity index (χ1v) is 13.3. The van der Waals surface area contributed by atoms with E-state index in [0.717, 1.165) is 22.7 Å². The highest BCUT2D eigenvalue weighted by Crippen LogP contribution is 2.20. The van der Waals surface area contributed by atoms with Gasteiger partial charge in [0.15, 0.2) is 0 Å². The molecule has 2 amide bonds.